The molecule has 4 rings (SSSR count). The van der Waals surface area contributed by atoms with Crippen LogP contribution in [0.4, 0.5) is 18.9 Å². The van der Waals surface area contributed by atoms with Gasteiger partial charge in [0.1, 0.15) is 0 Å². The molecule has 0 unspecified atom stereocenters. The van der Waals surface area contributed by atoms with Crippen molar-refractivity contribution in [3.63, 3.8) is 0 Å². The van der Waals surface area contributed by atoms with Crippen LogP contribution >= 0.6 is 11.6 Å². The average molecular weight is 478 g/mol. The number of aromatic nitrogens is 2. The quantitative estimate of drug-likeness (QED) is 0.564. The maximum Gasteiger partial charge on any atom is 0.291 e. The van der Waals surface area contributed by atoms with Gasteiger partial charge in [0, 0.05) is 44.5 Å². The van der Waals surface area contributed by atoms with E-state index >= 15 is 0 Å². The number of anilines is 1. The third kappa shape index (κ3) is 4.44. The van der Waals surface area contributed by atoms with E-state index in [4.69, 9.17) is 11.6 Å². The molecule has 0 saturated carbocycles. The Morgan fingerprint density at radius 1 is 1.09 bits per heavy atom. The lowest BCUT2D eigenvalue weighted by molar-refractivity contribution is 0.0736. The maximum absolute atomic E-state index is 14.2. The molecule has 0 radical (unpaired) electrons. The SMILES string of the molecule is Cn1c(-c2ccc(F)c(F)c2F)cnc1C(=O)Nc1ccc(C(=O)N2CCNCC2)c(Cl)c1. The molecular weight excluding hydrogens is 459 g/mol. The van der Waals surface area contributed by atoms with E-state index in [1.807, 2.05) is 0 Å². The van der Waals surface area contributed by atoms with Crippen LogP contribution in [-0.4, -0.2) is 52.4 Å². The van der Waals surface area contributed by atoms with Gasteiger partial charge in [-0.05, 0) is 30.3 Å². The van der Waals surface area contributed by atoms with E-state index in [0.29, 0.717) is 37.4 Å². The van der Waals surface area contributed by atoms with Crippen LogP contribution in [0.3, 0.4) is 0 Å². The molecule has 7 nitrogen and oxygen atoms in total. The van der Waals surface area contributed by atoms with E-state index in [1.54, 1.807) is 4.90 Å². The number of nitrogens with one attached hydrogen (secondary N) is 2. The highest BCUT2D eigenvalue weighted by atomic mass is 35.5. The zero-order chi connectivity index (χ0) is 23.7. The zero-order valence-electron chi connectivity index (χ0n) is 17.5. The molecule has 0 bridgehead atoms. The molecule has 2 N–H and O–H groups in total. The van der Waals surface area contributed by atoms with Crippen molar-refractivity contribution in [1.82, 2.24) is 19.8 Å². The van der Waals surface area contributed by atoms with E-state index in [0.717, 1.165) is 12.1 Å². The van der Waals surface area contributed by atoms with E-state index < -0.39 is 23.4 Å². The predicted molar refractivity (Wildman–Crippen MR) is 117 cm³/mol. The first kappa shape index (κ1) is 22.8. The summed E-state index contributed by atoms with van der Waals surface area (Å²) >= 11 is 6.29. The molecule has 0 atom stereocenters. The predicted octanol–water partition coefficient (Wildman–Crippen LogP) is 3.46. The van der Waals surface area contributed by atoms with Crippen LogP contribution in [0.2, 0.25) is 5.02 Å². The van der Waals surface area contributed by atoms with Crippen LogP contribution in [-0.2, 0) is 7.05 Å². The van der Waals surface area contributed by atoms with Gasteiger partial charge in [0.2, 0.25) is 0 Å². The molecule has 2 amide bonds. The molecule has 11 heteroatoms. The number of carbonyl (C=O) groups is 2. The van der Waals surface area contributed by atoms with Gasteiger partial charge in [0.05, 0.1) is 22.5 Å². The molecule has 2 aromatic carbocycles. The number of imidazole rings is 1. The van der Waals surface area contributed by atoms with Crippen molar-refractivity contribution < 1.29 is 22.8 Å². The van der Waals surface area contributed by atoms with Gasteiger partial charge < -0.3 is 20.1 Å². The van der Waals surface area contributed by atoms with Gasteiger partial charge in [-0.3, -0.25) is 9.59 Å². The largest absolute Gasteiger partial charge is 0.336 e. The minimum absolute atomic E-state index is 0.0894. The Morgan fingerprint density at radius 2 is 1.82 bits per heavy atom. The summed E-state index contributed by atoms with van der Waals surface area (Å²) in [5.41, 5.74) is 0.503. The Kier molecular flexibility index (Phi) is 6.39. The Bertz CT molecular complexity index is 1240. The summed E-state index contributed by atoms with van der Waals surface area (Å²) in [5, 5.41) is 5.97. The lowest BCUT2D eigenvalue weighted by atomic mass is 10.1. The molecule has 1 aromatic heterocycles. The first-order valence-electron chi connectivity index (χ1n) is 10.0. The first-order valence-corrected chi connectivity index (χ1v) is 10.4. The van der Waals surface area contributed by atoms with Crippen LogP contribution in [0.5, 0.6) is 0 Å². The monoisotopic (exact) mass is 477 g/mol. The number of hydrogen-bond donors (Lipinski definition) is 2. The van der Waals surface area contributed by atoms with Gasteiger partial charge in [-0.1, -0.05) is 11.6 Å². The molecule has 1 saturated heterocycles. The number of halogens is 4. The van der Waals surface area contributed by atoms with E-state index in [2.05, 4.69) is 15.6 Å². The van der Waals surface area contributed by atoms with Gasteiger partial charge in [-0.25, -0.2) is 18.2 Å². The van der Waals surface area contributed by atoms with Crippen molar-refractivity contribution in [2.75, 3.05) is 31.5 Å². The van der Waals surface area contributed by atoms with E-state index in [9.17, 15) is 22.8 Å². The van der Waals surface area contributed by atoms with Gasteiger partial charge >= 0.3 is 0 Å². The van der Waals surface area contributed by atoms with Crippen molar-refractivity contribution in [2.45, 2.75) is 0 Å². The van der Waals surface area contributed by atoms with Crippen molar-refractivity contribution in [1.29, 1.82) is 0 Å². The Labute approximate surface area is 192 Å². The summed E-state index contributed by atoms with van der Waals surface area (Å²) in [6.45, 7) is 2.57. The number of carbonyl (C=O) groups excluding carboxylic acids is 2. The van der Waals surface area contributed by atoms with Gasteiger partial charge in [0.15, 0.2) is 23.3 Å². The van der Waals surface area contributed by atoms with Gasteiger partial charge in [-0.15, -0.1) is 0 Å². The third-order valence-corrected chi connectivity index (χ3v) is 5.68. The molecule has 1 aliphatic rings. The molecule has 1 aliphatic heterocycles. The van der Waals surface area contributed by atoms with Crippen molar-refractivity contribution >= 4 is 29.1 Å². The normalized spacial score (nSPS) is 13.8. The molecule has 3 aromatic rings. The van der Waals surface area contributed by atoms with Crippen molar-refractivity contribution in [3.05, 3.63) is 70.4 Å². The van der Waals surface area contributed by atoms with E-state index in [1.165, 1.54) is 36.0 Å². The highest BCUT2D eigenvalue weighted by Crippen LogP contribution is 2.27. The van der Waals surface area contributed by atoms with Crippen LogP contribution in [0.25, 0.3) is 11.3 Å². The highest BCUT2D eigenvalue weighted by Gasteiger charge is 2.23. The fraction of sp³-hybridized carbons (Fsp3) is 0.227. The number of benzene rings is 2. The second-order valence-electron chi connectivity index (χ2n) is 7.44. The van der Waals surface area contributed by atoms with Crippen LogP contribution in [0, 0.1) is 17.5 Å². The summed E-state index contributed by atoms with van der Waals surface area (Å²) in [7, 11) is 1.44. The van der Waals surface area contributed by atoms with Crippen molar-refractivity contribution in [2.24, 2.45) is 7.05 Å². The molecule has 172 valence electrons. The second-order valence-corrected chi connectivity index (χ2v) is 7.85. The second kappa shape index (κ2) is 9.24. The molecule has 0 aliphatic carbocycles. The Hall–Kier alpha value is -3.37. The average Bonchev–Trinajstić information content (AvgIpc) is 3.19. The zero-order valence-corrected chi connectivity index (χ0v) is 18.2. The lowest BCUT2D eigenvalue weighted by Gasteiger charge is -2.27. The standard InChI is InChI=1S/C22H19ClF3N5O2/c1-30-17(14-4-5-16(24)19(26)18(14)25)11-28-20(30)21(32)29-12-2-3-13(15(23)10-12)22(33)31-8-6-27-7-9-31/h2-5,10-11,27H,6-9H2,1H3,(H,29,32). The molecule has 2 heterocycles. The molecular formula is C22H19ClF3N5O2. The highest BCUT2D eigenvalue weighted by molar-refractivity contribution is 6.34. The summed E-state index contributed by atoms with van der Waals surface area (Å²) in [6, 6.07) is 6.39. The maximum atomic E-state index is 14.2. The number of hydrogen-bond acceptors (Lipinski definition) is 4. The molecule has 1 fully saturated rings. The molecule has 0 spiro atoms. The summed E-state index contributed by atoms with van der Waals surface area (Å²) in [4.78, 5) is 31.1. The number of rotatable bonds is 4. The number of nitrogens with zero attached hydrogens (tertiary/aromatic N) is 3. The first-order chi connectivity index (χ1) is 15.8. The number of piperazine rings is 1. The topological polar surface area (TPSA) is 79.3 Å². The summed E-state index contributed by atoms with van der Waals surface area (Å²) in [5.74, 6) is -5.21. The minimum atomic E-state index is -1.61. The Morgan fingerprint density at radius 3 is 2.52 bits per heavy atom. The Balaban J connectivity index is 1.53. The van der Waals surface area contributed by atoms with E-state index in [-0.39, 0.29) is 28.0 Å². The fourth-order valence-electron chi connectivity index (χ4n) is 3.59. The summed E-state index contributed by atoms with van der Waals surface area (Å²) < 4.78 is 42.3. The van der Waals surface area contributed by atoms with Crippen LogP contribution in [0.1, 0.15) is 21.0 Å². The summed E-state index contributed by atoms with van der Waals surface area (Å²) in [6.07, 6.45) is 1.19. The van der Waals surface area contributed by atoms with Crippen LogP contribution in [0.15, 0.2) is 36.5 Å². The van der Waals surface area contributed by atoms with Gasteiger partial charge in [0.25, 0.3) is 11.8 Å². The minimum Gasteiger partial charge on any atom is -0.336 e. The van der Waals surface area contributed by atoms with Crippen LogP contribution < -0.4 is 10.6 Å². The van der Waals surface area contributed by atoms with Gasteiger partial charge in [-0.2, -0.15) is 0 Å². The molecule has 33 heavy (non-hydrogen) atoms. The third-order valence-electron chi connectivity index (χ3n) is 5.36. The smallest absolute Gasteiger partial charge is 0.291 e. The number of amides is 2. The fourth-order valence-corrected chi connectivity index (χ4v) is 3.85. The van der Waals surface area contributed by atoms with Crippen molar-refractivity contribution in [3.8, 4) is 11.3 Å². The lowest BCUT2D eigenvalue weighted by Crippen LogP contribution is -2.46.